The largest absolute Gasteiger partial charge is 1.00 e. The molecule has 2 N–H and O–H groups in total. The van der Waals surface area contributed by atoms with E-state index in [9.17, 15) is 34.2 Å². The van der Waals surface area contributed by atoms with Crippen LogP contribution in [0.2, 0.25) is 0 Å². The molecule has 0 saturated heterocycles. The first-order valence-corrected chi connectivity index (χ1v) is 12.6. The summed E-state index contributed by atoms with van der Waals surface area (Å²) in [7, 11) is -5.42. The number of carbonyl (C=O) groups excluding carboxylic acids is 2. The first-order valence-electron chi connectivity index (χ1n) is 11.1. The molecule has 0 radical (unpaired) electrons. The van der Waals surface area contributed by atoms with Gasteiger partial charge in [-0.3, -0.25) is 9.59 Å². The van der Waals surface area contributed by atoms with Crippen LogP contribution in [0.4, 0.5) is 4.39 Å². The number of phosphoric acid groups is 1. The van der Waals surface area contributed by atoms with Crippen LogP contribution in [0.1, 0.15) is 46.5 Å². The Morgan fingerprint density at radius 1 is 1.29 bits per heavy atom. The van der Waals surface area contributed by atoms with Gasteiger partial charge in [0, 0.05) is 22.2 Å². The molecule has 4 fully saturated rings. The molecular formula is C22H28FNa2O8P. The van der Waals surface area contributed by atoms with Crippen LogP contribution in [-0.2, 0) is 18.7 Å². The second kappa shape index (κ2) is 8.52. The molecule has 0 aromatic rings. The molecule has 5 aliphatic rings. The number of rotatable bonds is 4. The summed E-state index contributed by atoms with van der Waals surface area (Å²) in [5, 5.41) is 22.8. The van der Waals surface area contributed by atoms with Crippen molar-refractivity contribution in [2.24, 2.45) is 39.9 Å². The van der Waals surface area contributed by atoms with Crippen LogP contribution in [-0.4, -0.2) is 45.8 Å². The SMILES string of the molecule is C[C@H]1C[C@H]2[C@@H]3CCC45C=CC(=O)C4[C@]5(C)[C@@]3(F)[C@@H](O)C[C@]2(C)[C@@]1(O)C(=O)COP(=O)([O-])[O-].[Na+].[Na+]. The number of alkyl halides is 1. The zero-order valence-electron chi connectivity index (χ0n) is 20.2. The van der Waals surface area contributed by atoms with Gasteiger partial charge in [-0.1, -0.05) is 26.8 Å². The summed E-state index contributed by atoms with van der Waals surface area (Å²) in [4.78, 5) is 47.2. The van der Waals surface area contributed by atoms with Gasteiger partial charge in [0.25, 0.3) is 0 Å². The molecule has 1 spiro atoms. The average Bonchev–Trinajstić information content (AvgIpc) is 2.98. The number of allylic oxidation sites excluding steroid dienone is 2. The Hall–Kier alpha value is 1.04. The summed E-state index contributed by atoms with van der Waals surface area (Å²) >= 11 is 0. The smallest absolute Gasteiger partial charge is 0.790 e. The average molecular weight is 516 g/mol. The van der Waals surface area contributed by atoms with Crippen LogP contribution < -0.4 is 68.9 Å². The molecular weight excluding hydrogens is 488 g/mol. The number of fused-ring (bicyclic) bond motifs is 5. The topological polar surface area (TPSA) is 147 Å². The van der Waals surface area contributed by atoms with Gasteiger partial charge in [-0.2, -0.15) is 0 Å². The number of hydrogen-bond acceptors (Lipinski definition) is 8. The van der Waals surface area contributed by atoms with Crippen molar-refractivity contribution in [3.8, 4) is 0 Å². The third-order valence-electron chi connectivity index (χ3n) is 10.4. The Balaban J connectivity index is 0.00000162. The second-order valence-electron chi connectivity index (χ2n) is 11.1. The Morgan fingerprint density at radius 2 is 1.91 bits per heavy atom. The minimum Gasteiger partial charge on any atom is -0.790 e. The number of aliphatic hydroxyl groups is 2. The predicted octanol–water partition coefficient (Wildman–Crippen LogP) is -5.55. The van der Waals surface area contributed by atoms with Crippen molar-refractivity contribution < 1.29 is 102 Å². The van der Waals surface area contributed by atoms with Gasteiger partial charge in [0.1, 0.15) is 17.9 Å². The number of phosphoric ester groups is 1. The molecule has 10 atom stereocenters. The number of halogens is 1. The zero-order valence-corrected chi connectivity index (χ0v) is 25.1. The van der Waals surface area contributed by atoms with Crippen LogP contribution >= 0.6 is 7.82 Å². The van der Waals surface area contributed by atoms with E-state index in [0.717, 1.165) is 0 Å². The van der Waals surface area contributed by atoms with Gasteiger partial charge < -0.3 is 29.1 Å². The monoisotopic (exact) mass is 516 g/mol. The van der Waals surface area contributed by atoms with Gasteiger partial charge in [-0.15, -0.1) is 0 Å². The molecule has 0 aromatic carbocycles. The van der Waals surface area contributed by atoms with E-state index in [0.29, 0.717) is 19.3 Å². The molecule has 12 heteroatoms. The molecule has 2 unspecified atom stereocenters. The van der Waals surface area contributed by atoms with E-state index in [4.69, 9.17) is 0 Å². The van der Waals surface area contributed by atoms with E-state index >= 15 is 4.39 Å². The van der Waals surface area contributed by atoms with E-state index in [2.05, 4.69) is 4.52 Å². The number of aliphatic hydroxyl groups excluding tert-OH is 1. The molecule has 5 rings (SSSR count). The Bertz CT molecular complexity index is 1010. The predicted molar refractivity (Wildman–Crippen MR) is 104 cm³/mol. The van der Waals surface area contributed by atoms with E-state index in [1.165, 1.54) is 6.08 Å². The maximum atomic E-state index is 17.1. The summed E-state index contributed by atoms with van der Waals surface area (Å²) in [5.74, 6) is -3.38. The number of ketones is 2. The summed E-state index contributed by atoms with van der Waals surface area (Å²) in [6, 6.07) is 0. The van der Waals surface area contributed by atoms with E-state index in [1.807, 2.05) is 0 Å². The van der Waals surface area contributed by atoms with Crippen molar-refractivity contribution in [2.75, 3.05) is 6.61 Å². The van der Waals surface area contributed by atoms with E-state index in [1.54, 1.807) is 26.8 Å². The Labute approximate surface area is 242 Å². The molecule has 0 bridgehead atoms. The van der Waals surface area contributed by atoms with Crippen LogP contribution in [0.15, 0.2) is 12.2 Å². The van der Waals surface area contributed by atoms with Crippen molar-refractivity contribution in [3.05, 3.63) is 12.2 Å². The third-order valence-corrected chi connectivity index (χ3v) is 10.8. The molecule has 0 aliphatic heterocycles. The minimum absolute atomic E-state index is 0. The van der Waals surface area contributed by atoms with Crippen molar-refractivity contribution in [2.45, 2.75) is 63.8 Å². The molecule has 0 heterocycles. The molecule has 34 heavy (non-hydrogen) atoms. The van der Waals surface area contributed by atoms with Crippen LogP contribution in [0.3, 0.4) is 0 Å². The number of hydrogen-bond donors (Lipinski definition) is 2. The Kier molecular flexibility index (Phi) is 7.42. The quantitative estimate of drug-likeness (QED) is 0.278. The van der Waals surface area contributed by atoms with E-state index < -0.39 is 77.5 Å². The van der Waals surface area contributed by atoms with Gasteiger partial charge in [0.2, 0.25) is 0 Å². The second-order valence-corrected chi connectivity index (χ2v) is 12.3. The fourth-order valence-electron chi connectivity index (χ4n) is 8.96. The van der Waals surface area contributed by atoms with Gasteiger partial charge in [0.05, 0.1) is 13.9 Å². The van der Waals surface area contributed by atoms with Gasteiger partial charge in [-0.25, -0.2) is 4.39 Å². The first kappa shape index (κ1) is 29.6. The van der Waals surface area contributed by atoms with Crippen LogP contribution in [0.5, 0.6) is 0 Å². The maximum Gasteiger partial charge on any atom is 1.00 e. The van der Waals surface area contributed by atoms with Crippen LogP contribution in [0, 0.1) is 39.9 Å². The molecule has 8 nitrogen and oxygen atoms in total. The summed E-state index contributed by atoms with van der Waals surface area (Å²) in [5.41, 5.74) is -7.00. The molecule has 0 aromatic heterocycles. The maximum absolute atomic E-state index is 17.1. The molecule has 0 amide bonds. The van der Waals surface area contributed by atoms with Gasteiger partial charge in [0.15, 0.2) is 11.6 Å². The van der Waals surface area contributed by atoms with E-state index in [-0.39, 0.29) is 71.3 Å². The van der Waals surface area contributed by atoms with Crippen molar-refractivity contribution in [3.63, 3.8) is 0 Å². The summed E-state index contributed by atoms with van der Waals surface area (Å²) < 4.78 is 32.1. The standard InChI is InChI=1S/C22H30FO8P.2Na/c1-11-8-13-12-4-6-20-7-5-14(24)17(20)19(20,3)21(12,23)15(25)9-18(13,2)22(11,27)16(26)10-31-32(28,29)30;;/h5,7,11-13,15,17,25,27H,4,6,8-10H2,1-3H3,(H2,28,29,30);;/q;2*+1/p-2/t11-,12-,13-,15-,17?,18-,19-,20?,21-,22-;;/m0../s1. The molecule has 5 aliphatic carbocycles. The van der Waals surface area contributed by atoms with Crippen molar-refractivity contribution in [1.29, 1.82) is 0 Å². The number of Topliss-reactive ketones (excluding diaryl/α,β-unsaturated/α-hetero) is 1. The summed E-state index contributed by atoms with van der Waals surface area (Å²) in [6.45, 7) is 3.89. The fourth-order valence-corrected chi connectivity index (χ4v) is 9.24. The normalized spacial score (nSPS) is 52.5. The molecule has 178 valence electrons. The Morgan fingerprint density at radius 3 is 2.50 bits per heavy atom. The minimum atomic E-state index is -5.42. The van der Waals surface area contributed by atoms with Crippen molar-refractivity contribution in [1.82, 2.24) is 0 Å². The molecule has 4 saturated carbocycles. The van der Waals surface area contributed by atoms with Crippen molar-refractivity contribution >= 4 is 19.4 Å². The zero-order chi connectivity index (χ0) is 23.7. The summed E-state index contributed by atoms with van der Waals surface area (Å²) in [6.07, 6.45) is 2.86. The number of carbonyl (C=O) groups is 2. The third kappa shape index (κ3) is 3.19. The first-order chi connectivity index (χ1) is 14.6. The fraction of sp³-hybridized carbons (Fsp3) is 0.818. The van der Waals surface area contributed by atoms with Gasteiger partial charge in [-0.05, 0) is 49.5 Å². The van der Waals surface area contributed by atoms with Crippen LogP contribution in [0.25, 0.3) is 0 Å². The van der Waals surface area contributed by atoms with Gasteiger partial charge >= 0.3 is 59.1 Å².